The molecule has 0 bridgehead atoms. The van der Waals surface area contributed by atoms with Crippen molar-refractivity contribution in [3.8, 4) is 0 Å². The Morgan fingerprint density at radius 3 is 2.37 bits per heavy atom. The molecule has 0 aliphatic carbocycles. The number of nitrogens with one attached hydrogen (secondary N) is 2. The van der Waals surface area contributed by atoms with E-state index in [2.05, 4.69) is 47.0 Å². The molecule has 1 fully saturated rings. The molecule has 3 unspecified atom stereocenters. The minimum absolute atomic E-state index is 0.0187. The number of phosphoric acid groups is 3. The first kappa shape index (κ1) is 48.7. The van der Waals surface area contributed by atoms with Crippen molar-refractivity contribution in [1.29, 1.82) is 0 Å². The summed E-state index contributed by atoms with van der Waals surface area (Å²) in [6.45, 7) is 0.197. The molecule has 0 saturated carbocycles. The molecular weight excluding hydrogens is 871 g/mol. The molecule has 3 rings (SSSR count). The third-order valence-corrected chi connectivity index (χ3v) is 12.4. The van der Waals surface area contributed by atoms with Gasteiger partial charge in [-0.2, -0.15) is 16.9 Å². The number of carboxylic acid groups (broad SMARTS) is 1. The first-order valence-electron chi connectivity index (χ1n) is 16.3. The van der Waals surface area contributed by atoms with Crippen molar-refractivity contribution in [2.45, 2.75) is 69.0 Å². The topological polar surface area (TPSA) is 401 Å². The van der Waals surface area contributed by atoms with E-state index in [0.717, 1.165) is 29.0 Å². The van der Waals surface area contributed by atoms with E-state index in [1.54, 1.807) is 0 Å². The molecule has 0 aromatic carbocycles. The SMILES string of the molecule is CC(C)(COP(=O)(O)OP(=O)(O)OC[C@H]1O[C@@H](n2cnc3c(N)ncnc32)[C@H](O)[C@@H]1OP(=O)(O)O)[C@@H](O)C(=O)NCCC(=O)NCCSC(=O)C(S)CCC(=O)O. The Hall–Kier alpha value is -2.62. The number of ether oxygens (including phenoxy) is 1. The molecule has 0 spiro atoms. The van der Waals surface area contributed by atoms with E-state index in [-0.39, 0.29) is 60.2 Å². The predicted molar refractivity (Wildman–Crippen MR) is 197 cm³/mol. The van der Waals surface area contributed by atoms with Crippen LogP contribution in [0.25, 0.3) is 11.2 Å². The maximum absolute atomic E-state index is 12.7. The van der Waals surface area contributed by atoms with Gasteiger partial charge in [0.25, 0.3) is 0 Å². The van der Waals surface area contributed by atoms with Crippen molar-refractivity contribution < 1.29 is 90.4 Å². The van der Waals surface area contributed by atoms with E-state index < -0.39 is 95.8 Å². The molecule has 3 heterocycles. The highest BCUT2D eigenvalue weighted by Crippen LogP contribution is 2.61. The number of imidazole rings is 1. The van der Waals surface area contributed by atoms with Crippen LogP contribution in [0, 0.1) is 5.41 Å². The van der Waals surface area contributed by atoms with Gasteiger partial charge in [-0.05, 0) is 6.42 Å². The highest BCUT2D eigenvalue weighted by atomic mass is 32.2. The summed E-state index contributed by atoms with van der Waals surface area (Å²) in [7, 11) is -16.5. The molecule has 1 aliphatic heterocycles. The molecule has 0 radical (unpaired) electrons. The quantitative estimate of drug-likeness (QED) is 0.0355. The fourth-order valence-electron chi connectivity index (χ4n) is 4.76. The molecule has 26 nitrogen and oxygen atoms in total. The van der Waals surface area contributed by atoms with Gasteiger partial charge >= 0.3 is 29.4 Å². The largest absolute Gasteiger partial charge is 0.481 e. The number of nitrogens with two attached hydrogens (primary N) is 1. The van der Waals surface area contributed by atoms with Crippen LogP contribution in [0.1, 0.15) is 39.3 Å². The number of phosphoric ester groups is 3. The van der Waals surface area contributed by atoms with E-state index in [1.807, 2.05) is 0 Å². The van der Waals surface area contributed by atoms with Crippen LogP contribution >= 0.6 is 47.9 Å². The molecule has 2 aromatic heterocycles. The highest BCUT2D eigenvalue weighted by Gasteiger charge is 2.50. The van der Waals surface area contributed by atoms with Crippen LogP contribution in [-0.2, 0) is 55.5 Å². The first-order chi connectivity index (χ1) is 26.3. The van der Waals surface area contributed by atoms with Crippen LogP contribution in [0.15, 0.2) is 12.7 Å². The molecule has 57 heavy (non-hydrogen) atoms. The van der Waals surface area contributed by atoms with Gasteiger partial charge in [0.2, 0.25) is 16.9 Å². The average Bonchev–Trinajstić information content (AvgIpc) is 3.66. The summed E-state index contributed by atoms with van der Waals surface area (Å²) in [6.07, 6.45) is -7.28. The fraction of sp³-hybridized carbons (Fsp3) is 0.654. The molecule has 11 N–H and O–H groups in total. The van der Waals surface area contributed by atoms with Crippen LogP contribution < -0.4 is 16.4 Å². The molecule has 2 amide bonds. The summed E-state index contributed by atoms with van der Waals surface area (Å²) < 4.78 is 62.0. The summed E-state index contributed by atoms with van der Waals surface area (Å²) in [5, 5.41) is 33.8. The van der Waals surface area contributed by atoms with Crippen LogP contribution in [0.2, 0.25) is 0 Å². The second kappa shape index (κ2) is 20.6. The van der Waals surface area contributed by atoms with Crippen molar-refractivity contribution in [2.24, 2.45) is 5.41 Å². The molecule has 1 aliphatic rings. The van der Waals surface area contributed by atoms with Gasteiger partial charge in [-0.15, -0.1) is 0 Å². The van der Waals surface area contributed by atoms with E-state index >= 15 is 0 Å². The van der Waals surface area contributed by atoms with Gasteiger partial charge < -0.3 is 56.0 Å². The van der Waals surface area contributed by atoms with E-state index in [0.29, 0.717) is 0 Å². The number of nitrogens with zero attached hydrogens (tertiary/aromatic N) is 4. The minimum Gasteiger partial charge on any atom is -0.481 e. The number of carbonyl (C=O) groups is 4. The average molecular weight is 914 g/mol. The lowest BCUT2D eigenvalue weighted by Crippen LogP contribution is -2.46. The second-order valence-electron chi connectivity index (χ2n) is 12.7. The van der Waals surface area contributed by atoms with Crippen molar-refractivity contribution in [2.75, 3.05) is 37.8 Å². The van der Waals surface area contributed by atoms with E-state index in [1.165, 1.54) is 13.8 Å². The molecular formula is C26H42N7O19P3S2. The number of amides is 2. The standard InChI is InChI=1S/C26H42N7O19P3S2/c1-26(2,20(38)23(39)29-6-5-15(34)28-7-8-57-25(40)14(56)3-4-16(35)36)10-49-55(46,47)52-54(44,45)48-9-13-19(51-53(41,42)43)18(37)24(50-13)33-12-32-17-21(27)30-11-31-22(17)33/h11-14,18-20,24,37-38,56H,3-10H2,1-2H3,(H,28,34)(H,29,39)(H,35,36)(H,44,45)(H,46,47)(H2,27,30,31)(H2,41,42,43)/t13-,14?,18-,19-,20+,24-/m1/s1. The molecule has 2 aromatic rings. The zero-order chi connectivity index (χ0) is 42.9. The Balaban J connectivity index is 1.47. The van der Waals surface area contributed by atoms with Crippen LogP contribution in [0.4, 0.5) is 5.82 Å². The van der Waals surface area contributed by atoms with E-state index in [9.17, 15) is 62.7 Å². The Kier molecular flexibility index (Phi) is 17.6. The van der Waals surface area contributed by atoms with Gasteiger partial charge in [-0.25, -0.2) is 28.6 Å². The maximum Gasteiger partial charge on any atom is 0.481 e. The summed E-state index contributed by atoms with van der Waals surface area (Å²) in [5.74, 6) is -2.48. The number of aliphatic hydroxyl groups is 2. The fourth-order valence-corrected chi connectivity index (χ4v) is 8.65. The number of hydrogen-bond acceptors (Lipinski definition) is 20. The van der Waals surface area contributed by atoms with Crippen LogP contribution in [-0.4, -0.2) is 139 Å². The van der Waals surface area contributed by atoms with Gasteiger partial charge in [0, 0.05) is 37.1 Å². The first-order valence-corrected chi connectivity index (χ1v) is 22.3. The Labute approximate surface area is 332 Å². The molecule has 31 heteroatoms. The van der Waals surface area contributed by atoms with Gasteiger partial charge in [0.15, 0.2) is 17.7 Å². The Bertz CT molecular complexity index is 1900. The van der Waals surface area contributed by atoms with Gasteiger partial charge in [0.05, 0.1) is 24.8 Å². The third-order valence-electron chi connectivity index (χ3n) is 7.65. The van der Waals surface area contributed by atoms with Gasteiger partial charge in [0.1, 0.15) is 36.3 Å². The van der Waals surface area contributed by atoms with Crippen molar-refractivity contribution >= 4 is 87.7 Å². The summed E-state index contributed by atoms with van der Waals surface area (Å²) in [5.41, 5.74) is 4.20. The number of hydrogen-bond donors (Lipinski definition) is 11. The smallest absolute Gasteiger partial charge is 0.481 e. The Morgan fingerprint density at radius 1 is 1.05 bits per heavy atom. The third kappa shape index (κ3) is 15.2. The minimum atomic E-state index is -5.59. The number of aromatic nitrogens is 4. The number of fused-ring (bicyclic) bond motifs is 1. The lowest BCUT2D eigenvalue weighted by Gasteiger charge is -2.30. The monoisotopic (exact) mass is 913 g/mol. The number of carboxylic acids is 1. The molecule has 1 saturated heterocycles. The number of anilines is 1. The molecule has 8 atom stereocenters. The van der Waals surface area contributed by atoms with Gasteiger partial charge in [-0.3, -0.25) is 37.3 Å². The zero-order valence-electron chi connectivity index (χ0n) is 29.9. The molecule has 322 valence electrons. The van der Waals surface area contributed by atoms with Crippen LogP contribution in [0.5, 0.6) is 0 Å². The summed E-state index contributed by atoms with van der Waals surface area (Å²) >= 11 is 4.92. The zero-order valence-corrected chi connectivity index (χ0v) is 34.3. The number of carbonyl (C=O) groups excluding carboxylic acids is 3. The number of nitrogen functional groups attached to an aromatic ring is 1. The van der Waals surface area contributed by atoms with Crippen molar-refractivity contribution in [1.82, 2.24) is 30.2 Å². The normalized spacial score (nSPS) is 22.0. The Morgan fingerprint density at radius 2 is 1.72 bits per heavy atom. The lowest BCUT2D eigenvalue weighted by atomic mass is 9.87. The summed E-state index contributed by atoms with van der Waals surface area (Å²) in [4.78, 5) is 98.0. The maximum atomic E-state index is 12.7. The van der Waals surface area contributed by atoms with Gasteiger partial charge in [-0.1, -0.05) is 25.6 Å². The predicted octanol–water partition coefficient (Wildman–Crippen LogP) is -1.17. The summed E-state index contributed by atoms with van der Waals surface area (Å²) in [6, 6.07) is 0. The number of aliphatic carboxylic acids is 1. The number of thioether (sulfide) groups is 1. The number of aliphatic hydroxyl groups excluding tert-OH is 2. The lowest BCUT2D eigenvalue weighted by molar-refractivity contribution is -0.137. The van der Waals surface area contributed by atoms with Crippen LogP contribution in [0.3, 0.4) is 0 Å². The van der Waals surface area contributed by atoms with Crippen molar-refractivity contribution in [3.63, 3.8) is 0 Å². The van der Waals surface area contributed by atoms with Crippen molar-refractivity contribution in [3.05, 3.63) is 12.7 Å². The number of rotatable bonds is 23. The van der Waals surface area contributed by atoms with E-state index in [4.69, 9.17) is 24.6 Å². The second-order valence-corrected chi connectivity index (χ2v) is 18.6. The highest BCUT2D eigenvalue weighted by molar-refractivity contribution is 8.14. The number of thiol groups is 1.